The molecule has 2 aliphatic rings. The van der Waals surface area contributed by atoms with E-state index in [4.69, 9.17) is 0 Å². The largest absolute Gasteiger partial charge is 0.309 e. The number of rotatable bonds is 3. The Hall–Kier alpha value is -0.590. The molecule has 0 aliphatic carbocycles. The lowest BCUT2D eigenvalue weighted by molar-refractivity contribution is 0.491. The maximum atomic E-state index is 13.4. The lowest BCUT2D eigenvalue weighted by Crippen LogP contribution is -2.34. The van der Waals surface area contributed by atoms with E-state index < -0.39 is 9.84 Å². The first-order valence-corrected chi connectivity index (χ1v) is 9.63. The van der Waals surface area contributed by atoms with Gasteiger partial charge in [0.15, 0.2) is 9.84 Å². The Morgan fingerprint density at radius 3 is 2.95 bits per heavy atom. The van der Waals surface area contributed by atoms with Gasteiger partial charge in [-0.3, -0.25) is 0 Å². The average molecular weight is 315 g/mol. The van der Waals surface area contributed by atoms with Crippen LogP contribution < -0.4 is 5.32 Å². The van der Waals surface area contributed by atoms with Crippen LogP contribution in [-0.4, -0.2) is 31.7 Å². The van der Waals surface area contributed by atoms with Gasteiger partial charge in [-0.1, -0.05) is 0 Å². The third-order valence-electron chi connectivity index (χ3n) is 4.07. The van der Waals surface area contributed by atoms with Crippen molar-refractivity contribution in [2.45, 2.75) is 35.4 Å². The molecule has 3 rings (SSSR count). The van der Waals surface area contributed by atoms with E-state index in [1.54, 1.807) is 17.8 Å². The molecule has 1 aromatic rings. The van der Waals surface area contributed by atoms with Crippen molar-refractivity contribution in [2.24, 2.45) is 0 Å². The Labute approximate surface area is 123 Å². The van der Waals surface area contributed by atoms with E-state index in [2.05, 4.69) is 5.32 Å². The van der Waals surface area contributed by atoms with Crippen LogP contribution in [0.25, 0.3) is 0 Å². The maximum absolute atomic E-state index is 13.4. The van der Waals surface area contributed by atoms with Crippen molar-refractivity contribution >= 4 is 21.6 Å². The number of nitrogens with one attached hydrogen (secondary N) is 1. The highest BCUT2D eigenvalue weighted by Crippen LogP contribution is 2.36. The minimum atomic E-state index is -2.92. The third kappa shape index (κ3) is 2.87. The van der Waals surface area contributed by atoms with Crippen LogP contribution in [0.3, 0.4) is 0 Å². The van der Waals surface area contributed by atoms with Crippen LogP contribution >= 0.6 is 11.8 Å². The minimum absolute atomic E-state index is 0.0674. The number of benzene rings is 1. The van der Waals surface area contributed by atoms with Crippen molar-refractivity contribution in [3.05, 3.63) is 29.6 Å². The SMILES string of the molecule is O=S1(=O)CCC[C@H]1CN[C@@H]1CCSc2ccc(F)cc21. The molecule has 0 saturated carbocycles. The molecule has 2 heterocycles. The van der Waals surface area contributed by atoms with Crippen LogP contribution in [0.4, 0.5) is 4.39 Å². The van der Waals surface area contributed by atoms with Crippen LogP contribution in [0.2, 0.25) is 0 Å². The molecule has 0 radical (unpaired) electrons. The van der Waals surface area contributed by atoms with Gasteiger partial charge in [0.25, 0.3) is 0 Å². The zero-order valence-corrected chi connectivity index (χ0v) is 12.8. The number of thioether (sulfide) groups is 1. The lowest BCUT2D eigenvalue weighted by Gasteiger charge is -2.27. The van der Waals surface area contributed by atoms with Gasteiger partial charge in [0.1, 0.15) is 5.82 Å². The molecule has 20 heavy (non-hydrogen) atoms. The quantitative estimate of drug-likeness (QED) is 0.931. The fraction of sp³-hybridized carbons (Fsp3) is 0.571. The summed E-state index contributed by atoms with van der Waals surface area (Å²) < 4.78 is 37.1. The molecule has 3 nitrogen and oxygen atoms in total. The molecule has 0 bridgehead atoms. The average Bonchev–Trinajstić information content (AvgIpc) is 2.75. The zero-order valence-electron chi connectivity index (χ0n) is 11.1. The van der Waals surface area contributed by atoms with E-state index in [9.17, 15) is 12.8 Å². The van der Waals surface area contributed by atoms with Gasteiger partial charge in [-0.15, -0.1) is 11.8 Å². The van der Waals surface area contributed by atoms with E-state index in [1.807, 2.05) is 6.07 Å². The molecule has 0 unspecified atom stereocenters. The van der Waals surface area contributed by atoms with Gasteiger partial charge in [-0.2, -0.15) is 0 Å². The second kappa shape index (κ2) is 5.66. The maximum Gasteiger partial charge on any atom is 0.154 e. The summed E-state index contributed by atoms with van der Waals surface area (Å²) >= 11 is 1.73. The van der Waals surface area contributed by atoms with Crippen LogP contribution in [0.5, 0.6) is 0 Å². The molecule has 0 spiro atoms. The molecular weight excluding hydrogens is 297 g/mol. The van der Waals surface area contributed by atoms with Gasteiger partial charge in [-0.05, 0) is 48.8 Å². The number of halogens is 1. The van der Waals surface area contributed by atoms with Gasteiger partial charge in [0.05, 0.1) is 11.0 Å². The van der Waals surface area contributed by atoms with Crippen LogP contribution in [0.1, 0.15) is 30.9 Å². The Morgan fingerprint density at radius 1 is 1.35 bits per heavy atom. The van der Waals surface area contributed by atoms with E-state index in [0.29, 0.717) is 12.3 Å². The molecule has 6 heteroatoms. The van der Waals surface area contributed by atoms with E-state index >= 15 is 0 Å². The molecule has 110 valence electrons. The predicted octanol–water partition coefficient (Wildman–Crippen LogP) is 2.53. The van der Waals surface area contributed by atoms with Gasteiger partial charge < -0.3 is 5.32 Å². The standard InChI is InChI=1S/C14H18FNO2S2/c15-10-3-4-14-12(8-10)13(5-6-19-14)16-9-11-2-1-7-20(11,17)18/h3-4,8,11,13,16H,1-2,5-7,9H2/t11-,13+/m0/s1. The van der Waals surface area contributed by atoms with E-state index in [0.717, 1.165) is 35.5 Å². The third-order valence-corrected chi connectivity index (χ3v) is 7.46. The monoisotopic (exact) mass is 315 g/mol. The Balaban J connectivity index is 1.72. The Bertz CT molecular complexity index is 603. The summed E-state index contributed by atoms with van der Waals surface area (Å²) in [5.74, 6) is 1.06. The minimum Gasteiger partial charge on any atom is -0.309 e. The molecule has 1 aromatic carbocycles. The van der Waals surface area contributed by atoms with Crippen molar-refractivity contribution in [1.29, 1.82) is 0 Å². The first kappa shape index (κ1) is 14.4. The number of fused-ring (bicyclic) bond motifs is 1. The normalized spacial score (nSPS) is 28.2. The molecule has 2 aliphatic heterocycles. The van der Waals surface area contributed by atoms with Gasteiger partial charge in [-0.25, -0.2) is 12.8 Å². The summed E-state index contributed by atoms with van der Waals surface area (Å²) in [6, 6.07) is 4.94. The number of hydrogen-bond acceptors (Lipinski definition) is 4. The Morgan fingerprint density at radius 2 is 2.20 bits per heavy atom. The summed E-state index contributed by atoms with van der Waals surface area (Å²) in [5, 5.41) is 3.07. The summed E-state index contributed by atoms with van der Waals surface area (Å²) in [4.78, 5) is 1.10. The zero-order chi connectivity index (χ0) is 14.2. The smallest absolute Gasteiger partial charge is 0.154 e. The molecule has 0 aromatic heterocycles. The van der Waals surface area contributed by atoms with Gasteiger partial charge in [0.2, 0.25) is 0 Å². The fourth-order valence-corrected chi connectivity index (χ4v) is 5.82. The first-order valence-electron chi connectivity index (χ1n) is 6.93. The lowest BCUT2D eigenvalue weighted by atomic mass is 10.0. The molecule has 1 saturated heterocycles. The van der Waals surface area contributed by atoms with Crippen molar-refractivity contribution in [2.75, 3.05) is 18.1 Å². The second-order valence-electron chi connectivity index (χ2n) is 5.41. The number of hydrogen-bond donors (Lipinski definition) is 1. The summed E-state index contributed by atoms with van der Waals surface area (Å²) in [5.41, 5.74) is 0.969. The molecule has 1 fully saturated rings. The molecule has 1 N–H and O–H groups in total. The van der Waals surface area contributed by atoms with Crippen molar-refractivity contribution < 1.29 is 12.8 Å². The topological polar surface area (TPSA) is 46.2 Å². The van der Waals surface area contributed by atoms with E-state index in [-0.39, 0.29) is 17.1 Å². The Kier molecular flexibility index (Phi) is 4.06. The van der Waals surface area contributed by atoms with Crippen molar-refractivity contribution in [1.82, 2.24) is 5.32 Å². The first-order chi connectivity index (χ1) is 9.56. The molecular formula is C14H18FNO2S2. The predicted molar refractivity (Wildman–Crippen MR) is 79.3 cm³/mol. The molecule has 2 atom stereocenters. The highest BCUT2D eigenvalue weighted by Gasteiger charge is 2.32. The highest BCUT2D eigenvalue weighted by molar-refractivity contribution is 7.99. The van der Waals surface area contributed by atoms with Crippen LogP contribution in [0, 0.1) is 5.82 Å². The van der Waals surface area contributed by atoms with Crippen LogP contribution in [-0.2, 0) is 9.84 Å². The fourth-order valence-electron chi connectivity index (χ4n) is 2.94. The summed E-state index contributed by atoms with van der Waals surface area (Å²) in [6.45, 7) is 0.480. The van der Waals surface area contributed by atoms with Gasteiger partial charge >= 0.3 is 0 Å². The summed E-state index contributed by atoms with van der Waals surface area (Å²) in [6.07, 6.45) is 2.42. The van der Waals surface area contributed by atoms with Crippen molar-refractivity contribution in [3.63, 3.8) is 0 Å². The van der Waals surface area contributed by atoms with Crippen molar-refractivity contribution in [3.8, 4) is 0 Å². The molecule has 0 amide bonds. The van der Waals surface area contributed by atoms with Gasteiger partial charge in [0, 0.05) is 17.5 Å². The summed E-state index contributed by atoms with van der Waals surface area (Å²) in [7, 11) is -2.92. The second-order valence-corrected chi connectivity index (χ2v) is 8.95. The number of sulfone groups is 1. The van der Waals surface area contributed by atoms with Crippen LogP contribution in [0.15, 0.2) is 23.1 Å². The highest BCUT2D eigenvalue weighted by atomic mass is 32.2. The van der Waals surface area contributed by atoms with E-state index in [1.165, 1.54) is 6.07 Å².